The normalized spacial score (nSPS) is 27.1. The van der Waals surface area contributed by atoms with E-state index in [0.29, 0.717) is 13.2 Å². The van der Waals surface area contributed by atoms with Crippen molar-refractivity contribution in [2.75, 3.05) is 26.2 Å². The van der Waals surface area contributed by atoms with Gasteiger partial charge >= 0.3 is 0 Å². The standard InChI is InChI=1S/C19H30N2O2/c1-2-15-3-5-16(6-4-15)14-21-10-7-19(8-11-21)17(22)13-18(19)23-12-9-20/h3-6,17-18,22H,2,7-14,20H2,1H3/t17-,18+/m1/s1. The number of benzene rings is 1. The minimum Gasteiger partial charge on any atom is -0.392 e. The van der Waals surface area contributed by atoms with Crippen LogP contribution >= 0.6 is 0 Å². The molecule has 3 rings (SSSR count). The first kappa shape index (κ1) is 16.9. The number of aliphatic hydroxyl groups is 1. The summed E-state index contributed by atoms with van der Waals surface area (Å²) in [5, 5.41) is 10.3. The Morgan fingerprint density at radius 3 is 2.43 bits per heavy atom. The second-order valence-electron chi connectivity index (χ2n) is 7.08. The van der Waals surface area contributed by atoms with E-state index >= 15 is 0 Å². The van der Waals surface area contributed by atoms with Gasteiger partial charge in [0.2, 0.25) is 0 Å². The molecule has 1 aromatic carbocycles. The molecular formula is C19H30N2O2. The van der Waals surface area contributed by atoms with Crippen molar-refractivity contribution in [3.8, 4) is 0 Å². The molecule has 1 aromatic rings. The number of aliphatic hydroxyl groups excluding tert-OH is 1. The van der Waals surface area contributed by atoms with Gasteiger partial charge in [0.1, 0.15) is 0 Å². The van der Waals surface area contributed by atoms with Crippen molar-refractivity contribution >= 4 is 0 Å². The van der Waals surface area contributed by atoms with Crippen molar-refractivity contribution in [2.45, 2.75) is 51.4 Å². The zero-order valence-corrected chi connectivity index (χ0v) is 14.2. The summed E-state index contributed by atoms with van der Waals surface area (Å²) >= 11 is 0. The highest BCUT2D eigenvalue weighted by Crippen LogP contribution is 2.51. The molecule has 0 aromatic heterocycles. The second-order valence-corrected chi connectivity index (χ2v) is 7.08. The van der Waals surface area contributed by atoms with E-state index in [4.69, 9.17) is 10.5 Å². The van der Waals surface area contributed by atoms with Gasteiger partial charge in [-0.1, -0.05) is 31.2 Å². The third-order valence-electron chi connectivity index (χ3n) is 5.80. The molecule has 1 saturated carbocycles. The van der Waals surface area contributed by atoms with E-state index in [1.54, 1.807) is 0 Å². The highest BCUT2D eigenvalue weighted by atomic mass is 16.5. The maximum atomic E-state index is 10.3. The fraction of sp³-hybridized carbons (Fsp3) is 0.684. The smallest absolute Gasteiger partial charge is 0.0682 e. The van der Waals surface area contributed by atoms with Crippen LogP contribution in [0.5, 0.6) is 0 Å². The summed E-state index contributed by atoms with van der Waals surface area (Å²) in [6.07, 6.45) is 3.92. The first-order chi connectivity index (χ1) is 11.2. The number of nitrogens with zero attached hydrogens (tertiary/aromatic N) is 1. The lowest BCUT2D eigenvalue weighted by Gasteiger charge is -2.56. The number of piperidine rings is 1. The van der Waals surface area contributed by atoms with Crippen LogP contribution in [0.3, 0.4) is 0 Å². The molecule has 0 amide bonds. The molecule has 1 saturated heterocycles. The Morgan fingerprint density at radius 2 is 1.87 bits per heavy atom. The Balaban J connectivity index is 1.53. The van der Waals surface area contributed by atoms with Crippen molar-refractivity contribution in [3.05, 3.63) is 35.4 Å². The maximum Gasteiger partial charge on any atom is 0.0682 e. The van der Waals surface area contributed by atoms with E-state index in [2.05, 4.69) is 36.1 Å². The van der Waals surface area contributed by atoms with Gasteiger partial charge in [-0.3, -0.25) is 4.90 Å². The Kier molecular flexibility index (Phi) is 5.37. The molecule has 3 N–H and O–H groups in total. The molecule has 1 aliphatic carbocycles. The summed E-state index contributed by atoms with van der Waals surface area (Å²) in [5.74, 6) is 0. The van der Waals surface area contributed by atoms with Crippen molar-refractivity contribution in [1.82, 2.24) is 4.90 Å². The van der Waals surface area contributed by atoms with Crippen molar-refractivity contribution in [3.63, 3.8) is 0 Å². The van der Waals surface area contributed by atoms with Crippen molar-refractivity contribution in [1.29, 1.82) is 0 Å². The van der Waals surface area contributed by atoms with Gasteiger partial charge in [0.25, 0.3) is 0 Å². The molecule has 128 valence electrons. The van der Waals surface area contributed by atoms with Gasteiger partial charge in [0.15, 0.2) is 0 Å². The summed E-state index contributed by atoms with van der Waals surface area (Å²) in [6.45, 7) is 6.43. The van der Waals surface area contributed by atoms with Crippen molar-refractivity contribution < 1.29 is 9.84 Å². The monoisotopic (exact) mass is 318 g/mol. The Morgan fingerprint density at radius 1 is 1.22 bits per heavy atom. The Hall–Kier alpha value is -0.940. The Bertz CT molecular complexity index is 495. The van der Waals surface area contributed by atoms with Crippen LogP contribution in [0.15, 0.2) is 24.3 Å². The van der Waals surface area contributed by atoms with E-state index < -0.39 is 0 Å². The molecule has 4 heteroatoms. The lowest BCUT2D eigenvalue weighted by molar-refractivity contribution is -0.210. The largest absolute Gasteiger partial charge is 0.392 e. The van der Waals surface area contributed by atoms with Crippen LogP contribution in [0, 0.1) is 5.41 Å². The molecular weight excluding hydrogens is 288 g/mol. The third-order valence-corrected chi connectivity index (χ3v) is 5.80. The van der Waals surface area contributed by atoms with Gasteiger partial charge in [-0.25, -0.2) is 0 Å². The number of aryl methyl sites for hydroxylation is 1. The highest BCUT2D eigenvalue weighted by molar-refractivity contribution is 5.22. The van der Waals surface area contributed by atoms with Gasteiger partial charge in [0.05, 0.1) is 18.8 Å². The van der Waals surface area contributed by atoms with E-state index in [1.165, 1.54) is 11.1 Å². The van der Waals surface area contributed by atoms with Crippen LogP contribution in [0.1, 0.15) is 37.3 Å². The van der Waals surface area contributed by atoms with Gasteiger partial charge in [0, 0.05) is 24.9 Å². The van der Waals surface area contributed by atoms with Crippen molar-refractivity contribution in [2.24, 2.45) is 11.1 Å². The molecule has 1 heterocycles. The average molecular weight is 318 g/mol. The van der Waals surface area contributed by atoms with Crippen LogP contribution in [0.25, 0.3) is 0 Å². The first-order valence-electron chi connectivity index (χ1n) is 8.98. The van der Waals surface area contributed by atoms with E-state index in [0.717, 1.165) is 45.3 Å². The molecule has 23 heavy (non-hydrogen) atoms. The second kappa shape index (κ2) is 7.31. The van der Waals surface area contributed by atoms with E-state index in [9.17, 15) is 5.11 Å². The quantitative estimate of drug-likeness (QED) is 0.841. The molecule has 1 aliphatic heterocycles. The minimum atomic E-state index is -0.198. The fourth-order valence-corrected chi connectivity index (χ4v) is 4.09. The summed E-state index contributed by atoms with van der Waals surface area (Å²) in [5.41, 5.74) is 8.30. The highest BCUT2D eigenvalue weighted by Gasteiger charge is 2.55. The maximum absolute atomic E-state index is 10.3. The van der Waals surface area contributed by atoms with Gasteiger partial charge < -0.3 is 15.6 Å². The number of hydrogen-bond donors (Lipinski definition) is 2. The summed E-state index contributed by atoms with van der Waals surface area (Å²) in [6, 6.07) is 8.95. The number of ether oxygens (including phenoxy) is 1. The summed E-state index contributed by atoms with van der Waals surface area (Å²) in [7, 11) is 0. The number of likely N-dealkylation sites (tertiary alicyclic amines) is 1. The van der Waals surface area contributed by atoms with E-state index in [-0.39, 0.29) is 17.6 Å². The summed E-state index contributed by atoms with van der Waals surface area (Å²) in [4.78, 5) is 2.50. The molecule has 2 atom stereocenters. The van der Waals surface area contributed by atoms with Crippen LogP contribution in [-0.4, -0.2) is 48.5 Å². The van der Waals surface area contributed by atoms with Crippen LogP contribution in [0.2, 0.25) is 0 Å². The molecule has 4 nitrogen and oxygen atoms in total. The summed E-state index contributed by atoms with van der Waals surface area (Å²) < 4.78 is 5.87. The molecule has 2 aliphatic rings. The molecule has 1 spiro atoms. The lowest BCUT2D eigenvalue weighted by Crippen LogP contribution is -2.62. The van der Waals surface area contributed by atoms with Gasteiger partial charge in [-0.2, -0.15) is 0 Å². The number of hydrogen-bond acceptors (Lipinski definition) is 4. The molecule has 0 radical (unpaired) electrons. The number of nitrogens with two attached hydrogens (primary N) is 1. The molecule has 0 unspecified atom stereocenters. The predicted molar refractivity (Wildman–Crippen MR) is 92.2 cm³/mol. The zero-order valence-electron chi connectivity index (χ0n) is 14.2. The van der Waals surface area contributed by atoms with Crippen LogP contribution in [0.4, 0.5) is 0 Å². The van der Waals surface area contributed by atoms with Crippen LogP contribution in [-0.2, 0) is 17.7 Å². The Labute approximate surface area is 139 Å². The van der Waals surface area contributed by atoms with Gasteiger partial charge in [-0.05, 0) is 43.5 Å². The number of rotatable bonds is 6. The predicted octanol–water partition coefficient (Wildman–Crippen LogP) is 1.94. The lowest BCUT2D eigenvalue weighted by atomic mass is 9.58. The topological polar surface area (TPSA) is 58.7 Å². The van der Waals surface area contributed by atoms with Gasteiger partial charge in [-0.15, -0.1) is 0 Å². The average Bonchev–Trinajstić information content (AvgIpc) is 2.60. The first-order valence-corrected chi connectivity index (χ1v) is 8.98. The third kappa shape index (κ3) is 3.45. The SMILES string of the molecule is CCc1ccc(CN2CCC3(CC2)[C@H](O)C[C@@H]3OCCN)cc1. The minimum absolute atomic E-state index is 0.0161. The molecule has 0 bridgehead atoms. The van der Waals surface area contributed by atoms with E-state index in [1.807, 2.05) is 0 Å². The fourth-order valence-electron chi connectivity index (χ4n) is 4.09. The van der Waals surface area contributed by atoms with Crippen LogP contribution < -0.4 is 5.73 Å². The molecule has 2 fully saturated rings. The zero-order chi connectivity index (χ0) is 16.3.